The van der Waals surface area contributed by atoms with Crippen LogP contribution in [-0.4, -0.2) is 31.3 Å². The first-order chi connectivity index (χ1) is 7.88. The molecule has 0 amide bonds. The van der Waals surface area contributed by atoms with Crippen LogP contribution in [0.4, 0.5) is 0 Å². The van der Waals surface area contributed by atoms with Crippen molar-refractivity contribution in [3.63, 3.8) is 0 Å². The molecular weight excluding hydrogens is 244 g/mol. The first kappa shape index (κ1) is 11.2. The molecule has 1 heterocycles. The van der Waals surface area contributed by atoms with Crippen molar-refractivity contribution < 1.29 is 22.1 Å². The highest BCUT2D eigenvalue weighted by Gasteiger charge is 2.71. The lowest BCUT2D eigenvalue weighted by molar-refractivity contribution is -0.157. The molecule has 0 spiro atoms. The minimum absolute atomic E-state index is 0.0416. The van der Waals surface area contributed by atoms with Crippen LogP contribution in [0.2, 0.25) is 0 Å². The van der Waals surface area contributed by atoms with Gasteiger partial charge in [-0.1, -0.05) is 6.58 Å². The van der Waals surface area contributed by atoms with Gasteiger partial charge in [-0.25, -0.2) is 4.79 Å². The average Bonchev–Trinajstić information content (AvgIpc) is 2.80. The molecule has 0 aromatic carbocycles. The van der Waals surface area contributed by atoms with Crippen molar-refractivity contribution in [3.8, 4) is 0 Å². The lowest BCUT2D eigenvalue weighted by Crippen LogP contribution is -2.46. The Morgan fingerprint density at radius 2 is 2.24 bits per heavy atom. The molecule has 1 aliphatic heterocycles. The second-order valence-corrected chi connectivity index (χ2v) is 6.96. The molecule has 0 radical (unpaired) electrons. The molecule has 1 saturated heterocycles. The SMILES string of the molecule is C=CC(=O)OC1C2CC3C(C2)S(=O)(=O)OC31C. The summed E-state index contributed by atoms with van der Waals surface area (Å²) in [4.78, 5) is 11.3. The molecule has 5 unspecified atom stereocenters. The molecule has 17 heavy (non-hydrogen) atoms. The normalized spacial score (nSPS) is 49.2. The van der Waals surface area contributed by atoms with Crippen LogP contribution in [0.25, 0.3) is 0 Å². The van der Waals surface area contributed by atoms with Gasteiger partial charge in [-0.15, -0.1) is 0 Å². The molecule has 2 bridgehead atoms. The summed E-state index contributed by atoms with van der Waals surface area (Å²) >= 11 is 0. The largest absolute Gasteiger partial charge is 0.456 e. The molecule has 5 atom stereocenters. The van der Waals surface area contributed by atoms with E-state index in [1.165, 1.54) is 0 Å². The van der Waals surface area contributed by atoms with E-state index >= 15 is 0 Å². The number of esters is 1. The van der Waals surface area contributed by atoms with E-state index in [1.54, 1.807) is 6.92 Å². The van der Waals surface area contributed by atoms with Crippen LogP contribution in [0.3, 0.4) is 0 Å². The summed E-state index contributed by atoms with van der Waals surface area (Å²) in [5, 5.41) is -0.406. The lowest BCUT2D eigenvalue weighted by Gasteiger charge is -2.33. The molecule has 3 fully saturated rings. The zero-order valence-corrected chi connectivity index (χ0v) is 10.3. The van der Waals surface area contributed by atoms with Crippen molar-refractivity contribution in [2.75, 3.05) is 0 Å². The average molecular weight is 258 g/mol. The maximum absolute atomic E-state index is 11.8. The highest BCUT2D eigenvalue weighted by atomic mass is 32.2. The Morgan fingerprint density at radius 1 is 1.53 bits per heavy atom. The van der Waals surface area contributed by atoms with Gasteiger partial charge in [-0.05, 0) is 19.8 Å². The minimum atomic E-state index is -3.48. The van der Waals surface area contributed by atoms with Crippen LogP contribution in [0.15, 0.2) is 12.7 Å². The summed E-state index contributed by atoms with van der Waals surface area (Å²) in [5.41, 5.74) is -0.870. The highest BCUT2D eigenvalue weighted by Crippen LogP contribution is 2.61. The molecule has 0 aromatic rings. The number of carbonyl (C=O) groups excluding carboxylic acids is 1. The van der Waals surface area contributed by atoms with E-state index in [-0.39, 0.29) is 11.8 Å². The van der Waals surface area contributed by atoms with Crippen LogP contribution in [-0.2, 0) is 23.8 Å². The van der Waals surface area contributed by atoms with Gasteiger partial charge in [-0.3, -0.25) is 4.18 Å². The fourth-order valence-electron chi connectivity index (χ4n) is 3.69. The van der Waals surface area contributed by atoms with Crippen molar-refractivity contribution >= 4 is 16.1 Å². The second kappa shape index (κ2) is 3.11. The van der Waals surface area contributed by atoms with E-state index in [9.17, 15) is 13.2 Å². The smallest absolute Gasteiger partial charge is 0.330 e. The molecule has 94 valence electrons. The predicted octanol–water partition coefficient (Wildman–Crippen LogP) is 0.611. The fraction of sp³-hybridized carbons (Fsp3) is 0.727. The number of hydrogen-bond donors (Lipinski definition) is 0. The molecule has 3 aliphatic rings. The first-order valence-corrected chi connectivity index (χ1v) is 7.13. The van der Waals surface area contributed by atoms with Gasteiger partial charge in [0.15, 0.2) is 0 Å². The Balaban J connectivity index is 1.96. The maximum Gasteiger partial charge on any atom is 0.330 e. The van der Waals surface area contributed by atoms with Crippen molar-refractivity contribution in [2.24, 2.45) is 11.8 Å². The summed E-state index contributed by atoms with van der Waals surface area (Å²) in [5.74, 6) is -0.468. The standard InChI is InChI=1S/C11H14O5S/c1-3-9(12)15-10-6-4-7-8(5-6)17(13,14)16-11(7,10)2/h3,6-8,10H,1,4-5H2,2H3. The van der Waals surface area contributed by atoms with Gasteiger partial charge in [0.1, 0.15) is 11.7 Å². The lowest BCUT2D eigenvalue weighted by atomic mass is 9.83. The third-order valence-electron chi connectivity index (χ3n) is 4.35. The Hall–Kier alpha value is -0.880. The number of fused-ring (bicyclic) bond motifs is 1. The third kappa shape index (κ3) is 1.28. The third-order valence-corrected chi connectivity index (χ3v) is 6.20. The molecule has 0 N–H and O–H groups in total. The van der Waals surface area contributed by atoms with Gasteiger partial charge in [-0.2, -0.15) is 8.42 Å². The molecule has 0 aromatic heterocycles. The monoisotopic (exact) mass is 258 g/mol. The second-order valence-electron chi connectivity index (χ2n) is 5.20. The van der Waals surface area contributed by atoms with Crippen LogP contribution in [0.1, 0.15) is 19.8 Å². The molecule has 6 heteroatoms. The molecule has 3 rings (SSSR count). The quantitative estimate of drug-likeness (QED) is 0.412. The molecular formula is C11H14O5S. The van der Waals surface area contributed by atoms with Crippen molar-refractivity contribution in [1.29, 1.82) is 0 Å². The summed E-state index contributed by atoms with van der Waals surface area (Å²) in [6, 6.07) is 0. The van der Waals surface area contributed by atoms with E-state index < -0.39 is 33.0 Å². The van der Waals surface area contributed by atoms with E-state index in [0.29, 0.717) is 6.42 Å². The van der Waals surface area contributed by atoms with Gasteiger partial charge in [0.25, 0.3) is 10.1 Å². The van der Waals surface area contributed by atoms with Gasteiger partial charge in [0.2, 0.25) is 0 Å². The van der Waals surface area contributed by atoms with Gasteiger partial charge < -0.3 is 4.74 Å². The predicted molar refractivity (Wildman–Crippen MR) is 58.5 cm³/mol. The zero-order valence-electron chi connectivity index (χ0n) is 9.46. The van der Waals surface area contributed by atoms with E-state index in [4.69, 9.17) is 8.92 Å². The summed E-state index contributed by atoms with van der Waals surface area (Å²) in [7, 11) is -3.48. The van der Waals surface area contributed by atoms with Crippen molar-refractivity contribution in [2.45, 2.75) is 36.7 Å². The Kier molecular flexibility index (Phi) is 2.06. The van der Waals surface area contributed by atoms with Crippen LogP contribution in [0.5, 0.6) is 0 Å². The highest BCUT2D eigenvalue weighted by molar-refractivity contribution is 7.87. The van der Waals surface area contributed by atoms with Crippen molar-refractivity contribution in [1.82, 2.24) is 0 Å². The Bertz CT molecular complexity index is 496. The van der Waals surface area contributed by atoms with Gasteiger partial charge in [0, 0.05) is 17.9 Å². The maximum atomic E-state index is 11.8. The summed E-state index contributed by atoms with van der Waals surface area (Å²) in [6.07, 6.45) is 1.93. The number of carbonyl (C=O) groups is 1. The zero-order chi connectivity index (χ0) is 12.4. The van der Waals surface area contributed by atoms with Crippen LogP contribution < -0.4 is 0 Å². The number of hydrogen-bond acceptors (Lipinski definition) is 5. The van der Waals surface area contributed by atoms with Gasteiger partial charge in [0.05, 0.1) is 5.25 Å². The molecule has 5 nitrogen and oxygen atoms in total. The van der Waals surface area contributed by atoms with E-state index in [1.807, 2.05) is 0 Å². The Labute approximate surface area is 99.9 Å². The summed E-state index contributed by atoms with van der Waals surface area (Å²) in [6.45, 7) is 5.08. The van der Waals surface area contributed by atoms with Gasteiger partial charge >= 0.3 is 5.97 Å². The minimum Gasteiger partial charge on any atom is -0.456 e. The fourth-order valence-corrected chi connectivity index (χ4v) is 5.80. The van der Waals surface area contributed by atoms with Crippen LogP contribution in [0, 0.1) is 11.8 Å². The first-order valence-electron chi connectivity index (χ1n) is 5.66. The van der Waals surface area contributed by atoms with E-state index in [0.717, 1.165) is 12.5 Å². The van der Waals surface area contributed by atoms with Crippen molar-refractivity contribution in [3.05, 3.63) is 12.7 Å². The number of ether oxygens (including phenoxy) is 1. The Morgan fingerprint density at radius 3 is 2.88 bits per heavy atom. The van der Waals surface area contributed by atoms with E-state index in [2.05, 4.69) is 6.58 Å². The molecule has 2 aliphatic carbocycles. The summed E-state index contributed by atoms with van der Waals surface area (Å²) < 4.78 is 34.1. The molecule has 2 saturated carbocycles. The van der Waals surface area contributed by atoms with Crippen LogP contribution >= 0.6 is 0 Å². The topological polar surface area (TPSA) is 69.7 Å². The number of rotatable bonds is 2.